The molecule has 8 heteroatoms. The van der Waals surface area contributed by atoms with Crippen molar-refractivity contribution >= 4 is 44.2 Å². The van der Waals surface area contributed by atoms with Gasteiger partial charge < -0.3 is 10.1 Å². The Morgan fingerprint density at radius 2 is 1.61 bits per heavy atom. The topological polar surface area (TPSA) is 75.7 Å². The number of para-hydroxylation sites is 1. The first kappa shape index (κ1) is 23.1. The van der Waals surface area contributed by atoms with Crippen LogP contribution in [0, 0.1) is 3.57 Å². The van der Waals surface area contributed by atoms with E-state index in [1.807, 2.05) is 42.5 Å². The molecule has 3 rings (SSSR count). The Morgan fingerprint density at radius 1 is 0.968 bits per heavy atom. The molecule has 0 fully saturated rings. The fourth-order valence-electron chi connectivity index (χ4n) is 2.89. The van der Waals surface area contributed by atoms with E-state index in [0.717, 1.165) is 14.9 Å². The number of ether oxygens (including phenoxy) is 1. The number of hydrogen-bond donors (Lipinski definition) is 1. The highest BCUT2D eigenvalue weighted by atomic mass is 127. The lowest BCUT2D eigenvalue weighted by atomic mass is 10.1. The van der Waals surface area contributed by atoms with E-state index in [-0.39, 0.29) is 12.5 Å². The number of sulfonamides is 1. The molecule has 1 amide bonds. The molecule has 0 saturated heterocycles. The Bertz CT molecular complexity index is 1100. The van der Waals surface area contributed by atoms with E-state index in [0.29, 0.717) is 24.4 Å². The van der Waals surface area contributed by atoms with Crippen LogP contribution in [0.3, 0.4) is 0 Å². The molecule has 31 heavy (non-hydrogen) atoms. The third kappa shape index (κ3) is 6.96. The highest BCUT2D eigenvalue weighted by molar-refractivity contribution is 14.1. The van der Waals surface area contributed by atoms with Gasteiger partial charge in [-0.1, -0.05) is 30.3 Å². The molecule has 0 bridgehead atoms. The van der Waals surface area contributed by atoms with Crippen molar-refractivity contribution in [2.24, 2.45) is 0 Å². The third-order valence-electron chi connectivity index (χ3n) is 4.46. The van der Waals surface area contributed by atoms with Gasteiger partial charge in [-0.3, -0.25) is 9.10 Å². The quantitative estimate of drug-likeness (QED) is 0.322. The van der Waals surface area contributed by atoms with Crippen LogP contribution in [0.1, 0.15) is 15.9 Å². The number of amides is 1. The number of nitrogens with zero attached hydrogens (tertiary/aromatic N) is 1. The molecule has 0 spiro atoms. The first-order valence-corrected chi connectivity index (χ1v) is 12.5. The number of anilines is 1. The van der Waals surface area contributed by atoms with Gasteiger partial charge in [0.2, 0.25) is 10.0 Å². The normalized spacial score (nSPS) is 11.0. The van der Waals surface area contributed by atoms with Crippen LogP contribution in [0.25, 0.3) is 0 Å². The molecular formula is C23H23IN2O4S. The van der Waals surface area contributed by atoms with Crippen molar-refractivity contribution < 1.29 is 17.9 Å². The fourth-order valence-corrected chi connectivity index (χ4v) is 4.13. The second-order valence-electron chi connectivity index (χ2n) is 6.86. The highest BCUT2D eigenvalue weighted by Gasteiger charge is 2.18. The van der Waals surface area contributed by atoms with E-state index in [1.54, 1.807) is 36.4 Å². The van der Waals surface area contributed by atoms with Gasteiger partial charge in [0, 0.05) is 9.13 Å². The molecule has 0 aliphatic carbocycles. The smallest absolute Gasteiger partial charge is 0.251 e. The van der Waals surface area contributed by atoms with Crippen molar-refractivity contribution in [3.63, 3.8) is 0 Å². The van der Waals surface area contributed by atoms with Crippen molar-refractivity contribution in [1.82, 2.24) is 5.32 Å². The number of carbonyl (C=O) groups is 1. The van der Waals surface area contributed by atoms with Gasteiger partial charge >= 0.3 is 0 Å². The Hall–Kier alpha value is -2.59. The van der Waals surface area contributed by atoms with Gasteiger partial charge in [0.25, 0.3) is 5.91 Å². The molecule has 0 atom stereocenters. The Kier molecular flexibility index (Phi) is 7.91. The first-order chi connectivity index (χ1) is 14.8. The predicted molar refractivity (Wildman–Crippen MR) is 131 cm³/mol. The molecule has 6 nitrogen and oxygen atoms in total. The number of carbonyl (C=O) groups excluding carboxylic acids is 1. The molecule has 0 aliphatic rings. The van der Waals surface area contributed by atoms with Gasteiger partial charge in [-0.05, 0) is 76.7 Å². The van der Waals surface area contributed by atoms with Gasteiger partial charge in [0.05, 0.1) is 25.0 Å². The second kappa shape index (κ2) is 10.6. The van der Waals surface area contributed by atoms with Crippen molar-refractivity contribution in [1.29, 1.82) is 0 Å². The zero-order valence-electron chi connectivity index (χ0n) is 17.0. The minimum atomic E-state index is -3.46. The summed E-state index contributed by atoms with van der Waals surface area (Å²) < 4.78 is 32.5. The van der Waals surface area contributed by atoms with Crippen molar-refractivity contribution in [2.45, 2.75) is 6.54 Å². The summed E-state index contributed by atoms with van der Waals surface area (Å²) in [5, 5.41) is 2.81. The maximum Gasteiger partial charge on any atom is 0.251 e. The zero-order chi connectivity index (χ0) is 22.3. The lowest BCUT2D eigenvalue weighted by Gasteiger charge is -2.22. The van der Waals surface area contributed by atoms with Crippen molar-refractivity contribution in [3.05, 3.63) is 93.6 Å². The molecule has 0 aliphatic heterocycles. The lowest BCUT2D eigenvalue weighted by molar-refractivity contribution is 0.0947. The van der Waals surface area contributed by atoms with Gasteiger partial charge in [0.1, 0.15) is 12.4 Å². The molecule has 0 radical (unpaired) electrons. The molecular weight excluding hydrogens is 527 g/mol. The van der Waals surface area contributed by atoms with E-state index >= 15 is 0 Å². The third-order valence-corrected chi connectivity index (χ3v) is 6.32. The lowest BCUT2D eigenvalue weighted by Crippen LogP contribution is -2.29. The largest absolute Gasteiger partial charge is 0.492 e. The van der Waals surface area contributed by atoms with Gasteiger partial charge in [-0.2, -0.15) is 0 Å². The van der Waals surface area contributed by atoms with Gasteiger partial charge in [0.15, 0.2) is 0 Å². The molecule has 0 unspecified atom stereocenters. The van der Waals surface area contributed by atoms with Gasteiger partial charge in [-0.15, -0.1) is 0 Å². The van der Waals surface area contributed by atoms with Crippen LogP contribution in [0.5, 0.6) is 5.75 Å². The number of nitrogens with one attached hydrogen (secondary N) is 1. The van der Waals surface area contributed by atoms with E-state index < -0.39 is 10.0 Å². The second-order valence-corrected chi connectivity index (χ2v) is 10.0. The van der Waals surface area contributed by atoms with Crippen molar-refractivity contribution in [2.75, 3.05) is 23.7 Å². The Morgan fingerprint density at radius 3 is 2.23 bits per heavy atom. The molecule has 3 aromatic rings. The summed E-state index contributed by atoms with van der Waals surface area (Å²) in [5.41, 5.74) is 1.89. The zero-order valence-corrected chi connectivity index (χ0v) is 20.0. The number of rotatable bonds is 9. The fraction of sp³-hybridized carbons (Fsp3) is 0.174. The van der Waals surface area contributed by atoms with Crippen LogP contribution in [-0.4, -0.2) is 33.7 Å². The van der Waals surface area contributed by atoms with Crippen LogP contribution in [-0.2, 0) is 16.6 Å². The molecule has 162 valence electrons. The van der Waals surface area contributed by atoms with Crippen LogP contribution >= 0.6 is 22.6 Å². The summed E-state index contributed by atoms with van der Waals surface area (Å²) >= 11 is 2.18. The van der Waals surface area contributed by atoms with E-state index in [4.69, 9.17) is 4.74 Å². The van der Waals surface area contributed by atoms with Crippen LogP contribution in [0.15, 0.2) is 78.9 Å². The number of benzene rings is 3. The monoisotopic (exact) mass is 550 g/mol. The van der Waals surface area contributed by atoms with Crippen LogP contribution in [0.2, 0.25) is 0 Å². The molecule has 1 N–H and O–H groups in total. The van der Waals surface area contributed by atoms with Crippen LogP contribution < -0.4 is 14.4 Å². The van der Waals surface area contributed by atoms with E-state index in [2.05, 4.69) is 27.9 Å². The Balaban J connectivity index is 1.58. The summed E-state index contributed by atoms with van der Waals surface area (Å²) in [6, 6.07) is 23.6. The average Bonchev–Trinajstić information content (AvgIpc) is 2.76. The number of halogens is 1. The highest BCUT2D eigenvalue weighted by Crippen LogP contribution is 2.22. The minimum Gasteiger partial charge on any atom is -0.492 e. The standard InChI is InChI=1S/C23H23IN2O4S/c1-31(28,29)26(21-13-11-20(24)12-14-21)17-18-7-9-19(10-8-18)23(27)25-15-16-30-22-5-3-2-4-6-22/h2-14H,15-17H2,1H3,(H,25,27). The summed E-state index contributed by atoms with van der Waals surface area (Å²) in [5.74, 6) is 0.547. The summed E-state index contributed by atoms with van der Waals surface area (Å²) in [6.45, 7) is 0.934. The van der Waals surface area contributed by atoms with E-state index in [1.165, 1.54) is 10.6 Å². The molecule has 0 heterocycles. The average molecular weight is 550 g/mol. The predicted octanol–water partition coefficient (Wildman–Crippen LogP) is 4.07. The molecule has 0 aromatic heterocycles. The first-order valence-electron chi connectivity index (χ1n) is 9.61. The van der Waals surface area contributed by atoms with Gasteiger partial charge in [-0.25, -0.2) is 8.42 Å². The maximum absolute atomic E-state index is 12.3. The maximum atomic E-state index is 12.3. The van der Waals surface area contributed by atoms with Crippen LogP contribution in [0.4, 0.5) is 5.69 Å². The molecule has 3 aromatic carbocycles. The van der Waals surface area contributed by atoms with E-state index in [9.17, 15) is 13.2 Å². The van der Waals surface area contributed by atoms with Crippen molar-refractivity contribution in [3.8, 4) is 5.75 Å². The Labute approximate surface area is 196 Å². The molecule has 0 saturated carbocycles. The summed E-state index contributed by atoms with van der Waals surface area (Å²) in [7, 11) is -3.46. The summed E-state index contributed by atoms with van der Waals surface area (Å²) in [6.07, 6.45) is 1.18. The number of hydrogen-bond acceptors (Lipinski definition) is 4. The SMILES string of the molecule is CS(=O)(=O)N(Cc1ccc(C(=O)NCCOc2ccccc2)cc1)c1ccc(I)cc1. The summed E-state index contributed by atoms with van der Waals surface area (Å²) in [4.78, 5) is 12.3. The minimum absolute atomic E-state index is 0.187.